The molecule has 0 aliphatic carbocycles. The highest BCUT2D eigenvalue weighted by Crippen LogP contribution is 2.19. The van der Waals surface area contributed by atoms with Crippen LogP contribution < -0.4 is 5.32 Å². The van der Waals surface area contributed by atoms with Crippen molar-refractivity contribution in [1.82, 2.24) is 14.8 Å². The Morgan fingerprint density at radius 2 is 2.40 bits per heavy atom. The minimum Gasteiger partial charge on any atom is -0.372 e. The molecular formula is C14H21FN4O. The Hall–Kier alpha value is -1.69. The lowest BCUT2D eigenvalue weighted by Gasteiger charge is -2.22. The van der Waals surface area contributed by atoms with Crippen LogP contribution in [0.15, 0.2) is 12.3 Å². The van der Waals surface area contributed by atoms with E-state index in [0.29, 0.717) is 18.3 Å². The zero-order valence-corrected chi connectivity index (χ0v) is 12.2. The predicted molar refractivity (Wildman–Crippen MR) is 76.3 cm³/mol. The molecule has 0 spiro atoms. The van der Waals surface area contributed by atoms with Crippen LogP contribution in [0.3, 0.4) is 0 Å². The van der Waals surface area contributed by atoms with Crippen LogP contribution in [0.5, 0.6) is 0 Å². The summed E-state index contributed by atoms with van der Waals surface area (Å²) in [4.78, 5) is 20.2. The van der Waals surface area contributed by atoms with Crippen LogP contribution in [0.4, 0.5) is 10.2 Å². The van der Waals surface area contributed by atoms with Crippen molar-refractivity contribution in [3.8, 4) is 0 Å². The summed E-state index contributed by atoms with van der Waals surface area (Å²) >= 11 is 0. The summed E-state index contributed by atoms with van der Waals surface area (Å²) in [6, 6.07) is 1.23. The Kier molecular flexibility index (Phi) is 4.54. The molecule has 1 amide bonds. The van der Waals surface area contributed by atoms with E-state index >= 15 is 0 Å². The van der Waals surface area contributed by atoms with Gasteiger partial charge in [0.05, 0.1) is 11.8 Å². The maximum atomic E-state index is 13.3. The minimum absolute atomic E-state index is 0.198. The van der Waals surface area contributed by atoms with Gasteiger partial charge >= 0.3 is 0 Å². The number of nitrogens with one attached hydrogen (secondary N) is 1. The van der Waals surface area contributed by atoms with E-state index in [1.165, 1.54) is 6.07 Å². The van der Waals surface area contributed by atoms with Crippen molar-refractivity contribution in [2.24, 2.45) is 5.92 Å². The molecule has 1 N–H and O–H groups in total. The molecule has 1 saturated heterocycles. The number of likely N-dealkylation sites (tertiary alicyclic amines) is 1. The van der Waals surface area contributed by atoms with Gasteiger partial charge in [-0.1, -0.05) is 0 Å². The molecule has 6 heteroatoms. The fourth-order valence-electron chi connectivity index (χ4n) is 2.65. The molecular weight excluding hydrogens is 259 g/mol. The van der Waals surface area contributed by atoms with Crippen LogP contribution in [0.1, 0.15) is 16.8 Å². The van der Waals surface area contributed by atoms with Gasteiger partial charge in [-0.3, -0.25) is 4.79 Å². The topological polar surface area (TPSA) is 48.5 Å². The van der Waals surface area contributed by atoms with Crippen LogP contribution in [0.25, 0.3) is 0 Å². The van der Waals surface area contributed by atoms with E-state index in [9.17, 15) is 9.18 Å². The molecule has 20 heavy (non-hydrogen) atoms. The van der Waals surface area contributed by atoms with E-state index < -0.39 is 5.82 Å². The van der Waals surface area contributed by atoms with Gasteiger partial charge in [-0.15, -0.1) is 0 Å². The molecule has 2 rings (SSSR count). The second kappa shape index (κ2) is 6.17. The quantitative estimate of drug-likeness (QED) is 0.903. The van der Waals surface area contributed by atoms with Crippen molar-refractivity contribution in [2.45, 2.75) is 6.42 Å². The van der Waals surface area contributed by atoms with Gasteiger partial charge in [0.2, 0.25) is 0 Å². The number of hydrogen-bond acceptors (Lipinski definition) is 4. The van der Waals surface area contributed by atoms with E-state index in [2.05, 4.69) is 22.2 Å². The maximum absolute atomic E-state index is 13.3. The normalized spacial score (nSPS) is 19.1. The van der Waals surface area contributed by atoms with Crippen molar-refractivity contribution in [3.05, 3.63) is 23.6 Å². The minimum atomic E-state index is -0.499. The lowest BCUT2D eigenvalue weighted by atomic mass is 10.1. The Morgan fingerprint density at radius 1 is 1.65 bits per heavy atom. The van der Waals surface area contributed by atoms with Gasteiger partial charge in [0.15, 0.2) is 0 Å². The van der Waals surface area contributed by atoms with E-state index in [-0.39, 0.29) is 11.5 Å². The molecule has 0 aromatic carbocycles. The summed E-state index contributed by atoms with van der Waals surface area (Å²) in [6.07, 6.45) is 2.20. The summed E-state index contributed by atoms with van der Waals surface area (Å²) in [5, 5.41) is 2.83. The van der Waals surface area contributed by atoms with Gasteiger partial charge in [0.25, 0.3) is 5.91 Å². The van der Waals surface area contributed by atoms with Gasteiger partial charge in [0, 0.05) is 27.2 Å². The molecule has 1 aliphatic rings. The molecule has 1 atom stereocenters. The van der Waals surface area contributed by atoms with Gasteiger partial charge in [-0.25, -0.2) is 9.37 Å². The first-order valence-electron chi connectivity index (χ1n) is 6.78. The zero-order valence-electron chi connectivity index (χ0n) is 12.2. The molecule has 1 aromatic heterocycles. The summed E-state index contributed by atoms with van der Waals surface area (Å²) in [5.41, 5.74) is 0.279. The molecule has 1 aliphatic heterocycles. The number of halogens is 1. The van der Waals surface area contributed by atoms with Crippen molar-refractivity contribution >= 4 is 11.7 Å². The van der Waals surface area contributed by atoms with Gasteiger partial charge in [0.1, 0.15) is 11.6 Å². The number of carbonyl (C=O) groups excluding carboxylic acids is 1. The number of nitrogens with zero attached hydrogens (tertiary/aromatic N) is 3. The second-order valence-corrected chi connectivity index (χ2v) is 5.40. The molecule has 0 bridgehead atoms. The molecule has 1 fully saturated rings. The standard InChI is InChI=1S/C14H21FN4O/c1-16-13-12(6-11(15)7-17-13)14(20)19(3)9-10-4-5-18(2)8-10/h6-7,10H,4-5,8-9H2,1-3H3,(H,16,17). The Bertz CT molecular complexity index is 494. The predicted octanol–water partition coefficient (Wildman–Crippen LogP) is 1.29. The average Bonchev–Trinajstić information content (AvgIpc) is 2.83. The van der Waals surface area contributed by atoms with Gasteiger partial charge in [-0.05, 0) is 32.0 Å². The smallest absolute Gasteiger partial charge is 0.257 e. The van der Waals surface area contributed by atoms with E-state index in [1.807, 2.05) is 0 Å². The number of rotatable bonds is 4. The fraction of sp³-hybridized carbons (Fsp3) is 0.571. The van der Waals surface area contributed by atoms with E-state index in [1.54, 1.807) is 19.0 Å². The first kappa shape index (κ1) is 14.7. The van der Waals surface area contributed by atoms with E-state index in [4.69, 9.17) is 0 Å². The van der Waals surface area contributed by atoms with Crippen LogP contribution in [0, 0.1) is 11.7 Å². The van der Waals surface area contributed by atoms with Gasteiger partial charge in [-0.2, -0.15) is 0 Å². The third-order valence-corrected chi connectivity index (χ3v) is 3.69. The Morgan fingerprint density at radius 3 is 3.00 bits per heavy atom. The highest BCUT2D eigenvalue weighted by atomic mass is 19.1. The highest BCUT2D eigenvalue weighted by Gasteiger charge is 2.24. The third-order valence-electron chi connectivity index (χ3n) is 3.69. The SMILES string of the molecule is CNc1ncc(F)cc1C(=O)N(C)CC1CCN(C)C1. The average molecular weight is 280 g/mol. The lowest BCUT2D eigenvalue weighted by Crippen LogP contribution is -2.33. The third kappa shape index (κ3) is 3.25. The maximum Gasteiger partial charge on any atom is 0.257 e. The van der Waals surface area contributed by atoms with Crippen LogP contribution in [0.2, 0.25) is 0 Å². The lowest BCUT2D eigenvalue weighted by molar-refractivity contribution is 0.0774. The molecule has 1 aromatic rings. The van der Waals surface area contributed by atoms with E-state index in [0.717, 1.165) is 25.7 Å². The van der Waals surface area contributed by atoms with Crippen molar-refractivity contribution in [1.29, 1.82) is 0 Å². The summed E-state index contributed by atoms with van der Waals surface area (Å²) < 4.78 is 13.3. The number of carbonyl (C=O) groups is 1. The fourth-order valence-corrected chi connectivity index (χ4v) is 2.65. The number of aromatic nitrogens is 1. The molecule has 0 radical (unpaired) electrons. The summed E-state index contributed by atoms with van der Waals surface area (Å²) in [6.45, 7) is 2.75. The summed E-state index contributed by atoms with van der Waals surface area (Å²) in [5.74, 6) is 0.192. The number of hydrogen-bond donors (Lipinski definition) is 1. The molecule has 110 valence electrons. The molecule has 5 nitrogen and oxygen atoms in total. The van der Waals surface area contributed by atoms with Crippen LogP contribution >= 0.6 is 0 Å². The molecule has 0 saturated carbocycles. The largest absolute Gasteiger partial charge is 0.372 e. The first-order chi connectivity index (χ1) is 9.51. The van der Waals surface area contributed by atoms with Crippen molar-refractivity contribution < 1.29 is 9.18 Å². The Labute approximate surface area is 118 Å². The monoisotopic (exact) mass is 280 g/mol. The molecule has 1 unspecified atom stereocenters. The van der Waals surface area contributed by atoms with Gasteiger partial charge < -0.3 is 15.1 Å². The zero-order chi connectivity index (χ0) is 14.7. The second-order valence-electron chi connectivity index (χ2n) is 5.40. The van der Waals surface area contributed by atoms with Crippen molar-refractivity contribution in [2.75, 3.05) is 46.1 Å². The number of anilines is 1. The number of amides is 1. The first-order valence-corrected chi connectivity index (χ1v) is 6.78. The highest BCUT2D eigenvalue weighted by molar-refractivity contribution is 5.98. The van der Waals surface area contributed by atoms with Crippen LogP contribution in [-0.2, 0) is 0 Å². The molecule has 2 heterocycles. The summed E-state index contributed by atoms with van der Waals surface area (Å²) in [7, 11) is 5.51. The Balaban J connectivity index is 2.08. The van der Waals surface area contributed by atoms with Crippen LogP contribution in [-0.4, -0.2) is 61.5 Å². The number of pyridine rings is 1. The van der Waals surface area contributed by atoms with Crippen molar-refractivity contribution in [3.63, 3.8) is 0 Å².